The number of rotatable bonds is 4. The molecule has 0 saturated carbocycles. The van der Waals surface area contributed by atoms with Crippen molar-refractivity contribution in [2.24, 2.45) is 0 Å². The summed E-state index contributed by atoms with van der Waals surface area (Å²) < 4.78 is 0. The van der Waals surface area contributed by atoms with E-state index in [1.807, 2.05) is 12.1 Å². The molecule has 2 nitrogen and oxygen atoms in total. The molecule has 0 aliphatic rings. The van der Waals surface area contributed by atoms with E-state index < -0.39 is 0 Å². The van der Waals surface area contributed by atoms with E-state index in [0.29, 0.717) is 23.1 Å². The number of halogens is 2. The van der Waals surface area contributed by atoms with Gasteiger partial charge in [-0.2, -0.15) is 5.26 Å². The number of hydrogen-bond donors (Lipinski definition) is 1. The van der Waals surface area contributed by atoms with Crippen LogP contribution < -0.4 is 5.32 Å². The van der Waals surface area contributed by atoms with Crippen molar-refractivity contribution in [3.8, 4) is 6.07 Å². The van der Waals surface area contributed by atoms with Crippen molar-refractivity contribution in [3.05, 3.63) is 33.8 Å². The van der Waals surface area contributed by atoms with Crippen LogP contribution in [0.1, 0.15) is 19.4 Å². The number of hydrogen-bond acceptors (Lipinski definition) is 2. The highest BCUT2D eigenvalue weighted by Gasteiger charge is 2.22. The summed E-state index contributed by atoms with van der Waals surface area (Å²) in [6, 6.07) is 7.55. The fourth-order valence-corrected chi connectivity index (χ4v) is 2.23. The second-order valence-corrected chi connectivity index (χ2v) is 5.11. The summed E-state index contributed by atoms with van der Waals surface area (Å²) in [6.07, 6.45) is 0. The van der Waals surface area contributed by atoms with E-state index in [1.165, 1.54) is 0 Å². The first-order valence-corrected chi connectivity index (χ1v) is 5.76. The third-order valence-electron chi connectivity index (χ3n) is 2.43. The topological polar surface area (TPSA) is 35.8 Å². The Morgan fingerprint density at radius 2 is 2.06 bits per heavy atom. The second-order valence-electron chi connectivity index (χ2n) is 4.27. The van der Waals surface area contributed by atoms with Crippen molar-refractivity contribution in [1.29, 1.82) is 5.26 Å². The van der Waals surface area contributed by atoms with E-state index in [0.717, 1.165) is 5.56 Å². The van der Waals surface area contributed by atoms with Gasteiger partial charge in [0, 0.05) is 22.0 Å². The summed E-state index contributed by atoms with van der Waals surface area (Å²) in [5.41, 5.74) is 0.905. The third-order valence-corrected chi connectivity index (χ3v) is 2.98. The summed E-state index contributed by atoms with van der Waals surface area (Å²) in [4.78, 5) is 0. The van der Waals surface area contributed by atoms with Crippen LogP contribution in [0.25, 0.3) is 0 Å². The standard InChI is InChI=1S/C12H14Cl2N2/c1-12(2,8-16-6-5-15)10-4-3-9(13)7-11(10)14/h3-4,7,16H,6,8H2,1-2H3. The molecule has 4 heteroatoms. The zero-order chi connectivity index (χ0) is 12.2. The summed E-state index contributed by atoms with van der Waals surface area (Å²) in [5.74, 6) is 0. The number of nitrogens with zero attached hydrogens (tertiary/aromatic N) is 1. The van der Waals surface area contributed by atoms with Crippen LogP contribution >= 0.6 is 23.2 Å². The van der Waals surface area contributed by atoms with Crippen LogP contribution in [0.15, 0.2) is 18.2 Å². The molecular weight excluding hydrogens is 243 g/mol. The Morgan fingerprint density at radius 1 is 1.38 bits per heavy atom. The van der Waals surface area contributed by atoms with Gasteiger partial charge in [0.1, 0.15) is 0 Å². The molecule has 1 rings (SSSR count). The zero-order valence-corrected chi connectivity index (χ0v) is 10.9. The van der Waals surface area contributed by atoms with E-state index in [1.54, 1.807) is 6.07 Å². The minimum atomic E-state index is -0.126. The Kier molecular flexibility index (Phi) is 4.61. The van der Waals surface area contributed by atoms with E-state index in [4.69, 9.17) is 28.5 Å². The SMILES string of the molecule is CC(C)(CNCC#N)c1ccc(Cl)cc1Cl. The zero-order valence-electron chi connectivity index (χ0n) is 9.35. The fourth-order valence-electron chi connectivity index (χ4n) is 1.56. The van der Waals surface area contributed by atoms with Gasteiger partial charge in [0.2, 0.25) is 0 Å². The first-order valence-electron chi connectivity index (χ1n) is 5.00. The molecule has 1 aromatic rings. The van der Waals surface area contributed by atoms with E-state index in [9.17, 15) is 0 Å². The molecule has 0 unspecified atom stereocenters. The lowest BCUT2D eigenvalue weighted by molar-refractivity contribution is 0.485. The second kappa shape index (κ2) is 5.54. The maximum atomic E-state index is 8.47. The summed E-state index contributed by atoms with van der Waals surface area (Å²) >= 11 is 12.0. The van der Waals surface area contributed by atoms with Gasteiger partial charge in [-0.3, -0.25) is 0 Å². The Bertz CT molecular complexity index is 408. The lowest BCUT2D eigenvalue weighted by atomic mass is 9.84. The largest absolute Gasteiger partial charge is 0.304 e. The molecule has 0 heterocycles. The molecular formula is C12H14Cl2N2. The molecule has 0 bridgehead atoms. The first-order chi connectivity index (χ1) is 7.47. The molecule has 86 valence electrons. The van der Waals surface area contributed by atoms with Gasteiger partial charge < -0.3 is 5.32 Å². The van der Waals surface area contributed by atoms with Crippen LogP contribution in [0.3, 0.4) is 0 Å². The predicted octanol–water partition coefficient (Wildman–Crippen LogP) is 3.38. The van der Waals surface area contributed by atoms with Gasteiger partial charge in [-0.15, -0.1) is 0 Å². The summed E-state index contributed by atoms with van der Waals surface area (Å²) in [6.45, 7) is 5.19. The van der Waals surface area contributed by atoms with Crippen molar-refractivity contribution >= 4 is 23.2 Å². The molecule has 0 spiro atoms. The van der Waals surface area contributed by atoms with Crippen LogP contribution in [-0.4, -0.2) is 13.1 Å². The van der Waals surface area contributed by atoms with Crippen LogP contribution in [0.4, 0.5) is 0 Å². The van der Waals surface area contributed by atoms with Gasteiger partial charge in [0.05, 0.1) is 12.6 Å². The number of nitrogens with one attached hydrogen (secondary N) is 1. The molecule has 0 amide bonds. The van der Waals surface area contributed by atoms with Crippen molar-refractivity contribution < 1.29 is 0 Å². The van der Waals surface area contributed by atoms with Crippen molar-refractivity contribution in [1.82, 2.24) is 5.32 Å². The minimum Gasteiger partial charge on any atom is -0.304 e. The fraction of sp³-hybridized carbons (Fsp3) is 0.417. The Hall–Kier alpha value is -0.750. The molecule has 0 radical (unpaired) electrons. The average molecular weight is 257 g/mol. The molecule has 0 saturated heterocycles. The molecule has 0 aliphatic heterocycles. The molecule has 0 fully saturated rings. The monoisotopic (exact) mass is 256 g/mol. The van der Waals surface area contributed by atoms with Crippen molar-refractivity contribution in [3.63, 3.8) is 0 Å². The third kappa shape index (κ3) is 3.38. The highest BCUT2D eigenvalue weighted by atomic mass is 35.5. The van der Waals surface area contributed by atoms with Crippen LogP contribution in [0.2, 0.25) is 10.0 Å². The Balaban J connectivity index is 2.85. The maximum Gasteiger partial charge on any atom is 0.0841 e. The quantitative estimate of drug-likeness (QED) is 0.663. The first kappa shape index (κ1) is 13.3. The van der Waals surface area contributed by atoms with Crippen LogP contribution in [0, 0.1) is 11.3 Å². The summed E-state index contributed by atoms with van der Waals surface area (Å²) in [7, 11) is 0. The molecule has 0 aromatic heterocycles. The van der Waals surface area contributed by atoms with Gasteiger partial charge in [-0.1, -0.05) is 43.1 Å². The smallest absolute Gasteiger partial charge is 0.0841 e. The van der Waals surface area contributed by atoms with Gasteiger partial charge in [-0.25, -0.2) is 0 Å². The predicted molar refractivity (Wildman–Crippen MR) is 68.0 cm³/mol. The van der Waals surface area contributed by atoms with Crippen molar-refractivity contribution in [2.75, 3.05) is 13.1 Å². The lowest BCUT2D eigenvalue weighted by Gasteiger charge is -2.26. The van der Waals surface area contributed by atoms with Crippen LogP contribution in [0.5, 0.6) is 0 Å². The van der Waals surface area contributed by atoms with E-state index in [2.05, 4.69) is 25.2 Å². The molecule has 16 heavy (non-hydrogen) atoms. The number of nitriles is 1. The lowest BCUT2D eigenvalue weighted by Crippen LogP contribution is -2.33. The minimum absolute atomic E-state index is 0.126. The van der Waals surface area contributed by atoms with Crippen LogP contribution in [-0.2, 0) is 5.41 Å². The number of benzene rings is 1. The highest BCUT2D eigenvalue weighted by molar-refractivity contribution is 6.35. The van der Waals surface area contributed by atoms with E-state index >= 15 is 0 Å². The Morgan fingerprint density at radius 3 is 2.62 bits per heavy atom. The molecule has 0 aliphatic carbocycles. The van der Waals surface area contributed by atoms with Gasteiger partial charge in [0.25, 0.3) is 0 Å². The molecule has 1 aromatic carbocycles. The maximum absolute atomic E-state index is 8.47. The molecule has 1 N–H and O–H groups in total. The van der Waals surface area contributed by atoms with Crippen molar-refractivity contribution in [2.45, 2.75) is 19.3 Å². The van der Waals surface area contributed by atoms with Gasteiger partial charge in [0.15, 0.2) is 0 Å². The summed E-state index contributed by atoms with van der Waals surface area (Å²) in [5, 5.41) is 12.8. The Labute approximate surface area is 106 Å². The van der Waals surface area contributed by atoms with Gasteiger partial charge >= 0.3 is 0 Å². The molecule has 0 atom stereocenters. The average Bonchev–Trinajstić information content (AvgIpc) is 2.17. The van der Waals surface area contributed by atoms with Gasteiger partial charge in [-0.05, 0) is 17.7 Å². The van der Waals surface area contributed by atoms with E-state index in [-0.39, 0.29) is 5.41 Å². The highest BCUT2D eigenvalue weighted by Crippen LogP contribution is 2.31. The normalized spacial score (nSPS) is 11.2.